The SMILES string of the molecule is COc1ccc(C(=O)C=Cc2ccc(CN3CCN(C)CC3)c(O)c2)cc1. The third kappa shape index (κ3) is 5.18. The summed E-state index contributed by atoms with van der Waals surface area (Å²) in [5.41, 5.74) is 2.32. The predicted molar refractivity (Wildman–Crippen MR) is 107 cm³/mol. The number of benzene rings is 2. The average molecular weight is 366 g/mol. The Kier molecular flexibility index (Phi) is 6.27. The van der Waals surface area contributed by atoms with Crippen molar-refractivity contribution in [3.8, 4) is 11.5 Å². The van der Waals surface area contributed by atoms with Gasteiger partial charge in [0.15, 0.2) is 5.78 Å². The first-order valence-electron chi connectivity index (χ1n) is 9.14. The van der Waals surface area contributed by atoms with E-state index in [2.05, 4.69) is 16.8 Å². The number of ketones is 1. The van der Waals surface area contributed by atoms with Crippen LogP contribution in [0.15, 0.2) is 48.5 Å². The zero-order valence-electron chi connectivity index (χ0n) is 15.9. The Labute approximate surface area is 160 Å². The molecule has 1 fully saturated rings. The van der Waals surface area contributed by atoms with Gasteiger partial charge >= 0.3 is 0 Å². The number of hydrogen-bond donors (Lipinski definition) is 1. The molecule has 0 aromatic heterocycles. The fourth-order valence-corrected chi connectivity index (χ4v) is 3.09. The zero-order valence-corrected chi connectivity index (χ0v) is 15.9. The van der Waals surface area contributed by atoms with Crippen LogP contribution in [0, 0.1) is 0 Å². The molecule has 5 nitrogen and oxygen atoms in total. The summed E-state index contributed by atoms with van der Waals surface area (Å²) in [5, 5.41) is 10.3. The van der Waals surface area contributed by atoms with E-state index in [4.69, 9.17) is 4.74 Å². The molecular formula is C22H26N2O3. The maximum absolute atomic E-state index is 12.3. The first kappa shape index (κ1) is 19.1. The maximum atomic E-state index is 12.3. The molecule has 3 rings (SSSR count). The number of hydrogen-bond acceptors (Lipinski definition) is 5. The fraction of sp³-hybridized carbons (Fsp3) is 0.318. The van der Waals surface area contributed by atoms with Gasteiger partial charge in [0.25, 0.3) is 0 Å². The summed E-state index contributed by atoms with van der Waals surface area (Å²) in [6.45, 7) is 4.86. The normalized spacial score (nSPS) is 15.9. The summed E-state index contributed by atoms with van der Waals surface area (Å²) < 4.78 is 5.10. The Morgan fingerprint density at radius 2 is 1.81 bits per heavy atom. The second-order valence-electron chi connectivity index (χ2n) is 6.89. The number of methoxy groups -OCH3 is 1. The van der Waals surface area contributed by atoms with Crippen LogP contribution >= 0.6 is 0 Å². The number of rotatable bonds is 6. The van der Waals surface area contributed by atoms with Crippen molar-refractivity contribution in [2.75, 3.05) is 40.3 Å². The standard InChI is InChI=1S/C22H26N2O3/c1-23-11-13-24(14-12-23)16-19-5-3-17(15-22(19)26)4-10-21(25)18-6-8-20(27-2)9-7-18/h3-10,15,26H,11-14,16H2,1-2H3. The highest BCUT2D eigenvalue weighted by atomic mass is 16.5. The summed E-state index contributed by atoms with van der Waals surface area (Å²) in [7, 11) is 3.72. The van der Waals surface area contributed by atoms with Crippen LogP contribution in [0.25, 0.3) is 6.08 Å². The molecule has 0 amide bonds. The van der Waals surface area contributed by atoms with Crippen LogP contribution in [0.1, 0.15) is 21.5 Å². The minimum Gasteiger partial charge on any atom is -0.508 e. The van der Waals surface area contributed by atoms with E-state index in [0.29, 0.717) is 5.56 Å². The Hall–Kier alpha value is -2.63. The van der Waals surface area contributed by atoms with Crippen molar-refractivity contribution in [2.24, 2.45) is 0 Å². The van der Waals surface area contributed by atoms with Crippen molar-refractivity contribution >= 4 is 11.9 Å². The van der Waals surface area contributed by atoms with Crippen LogP contribution in [0.5, 0.6) is 11.5 Å². The zero-order chi connectivity index (χ0) is 19.2. The van der Waals surface area contributed by atoms with E-state index in [0.717, 1.165) is 49.6 Å². The highest BCUT2D eigenvalue weighted by Crippen LogP contribution is 2.22. The molecule has 1 heterocycles. The fourth-order valence-electron chi connectivity index (χ4n) is 3.09. The molecule has 27 heavy (non-hydrogen) atoms. The summed E-state index contributed by atoms with van der Waals surface area (Å²) in [6.07, 6.45) is 3.25. The van der Waals surface area contributed by atoms with Crippen molar-refractivity contribution in [2.45, 2.75) is 6.54 Å². The third-order valence-corrected chi connectivity index (χ3v) is 4.90. The molecule has 1 saturated heterocycles. The topological polar surface area (TPSA) is 53.0 Å². The highest BCUT2D eigenvalue weighted by Gasteiger charge is 2.15. The lowest BCUT2D eigenvalue weighted by atomic mass is 10.1. The molecular weight excluding hydrogens is 340 g/mol. The van der Waals surface area contributed by atoms with Gasteiger partial charge in [-0.15, -0.1) is 0 Å². The number of piperazine rings is 1. The van der Waals surface area contributed by atoms with Gasteiger partial charge in [-0.25, -0.2) is 0 Å². The first-order chi connectivity index (χ1) is 13.0. The lowest BCUT2D eigenvalue weighted by molar-refractivity contribution is 0.104. The number of phenolic OH excluding ortho intramolecular Hbond substituents is 1. The number of phenols is 1. The van der Waals surface area contributed by atoms with E-state index in [1.54, 1.807) is 43.5 Å². The Balaban J connectivity index is 1.62. The first-order valence-corrected chi connectivity index (χ1v) is 9.14. The van der Waals surface area contributed by atoms with Gasteiger partial charge < -0.3 is 14.7 Å². The van der Waals surface area contributed by atoms with Crippen LogP contribution in [0.4, 0.5) is 0 Å². The number of aromatic hydroxyl groups is 1. The molecule has 0 atom stereocenters. The van der Waals surface area contributed by atoms with Crippen molar-refractivity contribution in [1.29, 1.82) is 0 Å². The molecule has 0 aliphatic carbocycles. The Morgan fingerprint density at radius 1 is 1.11 bits per heavy atom. The summed E-state index contributed by atoms with van der Waals surface area (Å²) in [4.78, 5) is 16.9. The largest absolute Gasteiger partial charge is 0.508 e. The van der Waals surface area contributed by atoms with Crippen molar-refractivity contribution in [3.63, 3.8) is 0 Å². The maximum Gasteiger partial charge on any atom is 0.185 e. The Morgan fingerprint density at radius 3 is 2.44 bits per heavy atom. The number of carbonyl (C=O) groups is 1. The van der Waals surface area contributed by atoms with Crippen molar-refractivity contribution in [3.05, 3.63) is 65.2 Å². The van der Waals surface area contributed by atoms with Crippen LogP contribution in [0.3, 0.4) is 0 Å². The van der Waals surface area contributed by atoms with Crippen molar-refractivity contribution in [1.82, 2.24) is 9.80 Å². The quantitative estimate of drug-likeness (QED) is 0.629. The van der Waals surface area contributed by atoms with E-state index in [1.807, 2.05) is 12.1 Å². The lowest BCUT2D eigenvalue weighted by Crippen LogP contribution is -2.43. The van der Waals surface area contributed by atoms with E-state index >= 15 is 0 Å². The van der Waals surface area contributed by atoms with Gasteiger partial charge in [-0.05, 0) is 49.0 Å². The van der Waals surface area contributed by atoms with E-state index in [9.17, 15) is 9.90 Å². The van der Waals surface area contributed by atoms with Crippen LogP contribution in [-0.2, 0) is 6.54 Å². The number of allylic oxidation sites excluding steroid dienone is 1. The molecule has 0 unspecified atom stereocenters. The molecule has 1 aliphatic heterocycles. The summed E-state index contributed by atoms with van der Waals surface area (Å²) in [5.74, 6) is 0.906. The second-order valence-corrected chi connectivity index (χ2v) is 6.89. The monoisotopic (exact) mass is 366 g/mol. The lowest BCUT2D eigenvalue weighted by Gasteiger charge is -2.32. The van der Waals surface area contributed by atoms with E-state index in [1.165, 1.54) is 6.08 Å². The molecule has 0 radical (unpaired) electrons. The second kappa shape index (κ2) is 8.84. The summed E-state index contributed by atoms with van der Waals surface area (Å²) >= 11 is 0. The van der Waals surface area contributed by atoms with Gasteiger partial charge in [-0.2, -0.15) is 0 Å². The molecule has 2 aromatic rings. The molecule has 5 heteroatoms. The third-order valence-electron chi connectivity index (χ3n) is 4.90. The van der Waals surface area contributed by atoms with E-state index < -0.39 is 0 Å². The summed E-state index contributed by atoms with van der Waals surface area (Å²) in [6, 6.07) is 12.6. The van der Waals surface area contributed by atoms with Gasteiger partial charge in [0, 0.05) is 43.9 Å². The van der Waals surface area contributed by atoms with Crippen LogP contribution in [-0.4, -0.2) is 61.0 Å². The molecule has 0 bridgehead atoms. The number of ether oxygens (including phenoxy) is 1. The molecule has 0 spiro atoms. The van der Waals surface area contributed by atoms with Crippen LogP contribution < -0.4 is 4.74 Å². The van der Waals surface area contributed by atoms with Gasteiger partial charge in [0.2, 0.25) is 0 Å². The van der Waals surface area contributed by atoms with E-state index in [-0.39, 0.29) is 11.5 Å². The van der Waals surface area contributed by atoms with Gasteiger partial charge in [0.05, 0.1) is 7.11 Å². The highest BCUT2D eigenvalue weighted by molar-refractivity contribution is 6.06. The van der Waals surface area contributed by atoms with Gasteiger partial charge in [0.1, 0.15) is 11.5 Å². The number of likely N-dealkylation sites (N-methyl/N-ethyl adjacent to an activating group) is 1. The molecule has 0 saturated carbocycles. The molecule has 1 aliphatic rings. The van der Waals surface area contributed by atoms with Crippen LogP contribution in [0.2, 0.25) is 0 Å². The average Bonchev–Trinajstić information content (AvgIpc) is 2.69. The molecule has 1 N–H and O–H groups in total. The van der Waals surface area contributed by atoms with Gasteiger partial charge in [-0.1, -0.05) is 18.2 Å². The van der Waals surface area contributed by atoms with Crippen molar-refractivity contribution < 1.29 is 14.6 Å². The smallest absolute Gasteiger partial charge is 0.185 e. The predicted octanol–water partition coefficient (Wildman–Crippen LogP) is 3.04. The number of carbonyl (C=O) groups excluding carboxylic acids is 1. The minimum atomic E-state index is -0.0846. The van der Waals surface area contributed by atoms with Gasteiger partial charge in [-0.3, -0.25) is 9.69 Å². The number of nitrogens with zero attached hydrogens (tertiary/aromatic N) is 2. The molecule has 142 valence electrons. The Bertz CT molecular complexity index is 807. The molecule has 2 aromatic carbocycles. The minimum absolute atomic E-state index is 0.0846.